The average molecular weight is 315 g/mol. The summed E-state index contributed by atoms with van der Waals surface area (Å²) in [6.07, 6.45) is -4.09. The van der Waals surface area contributed by atoms with Crippen LogP contribution in [0.5, 0.6) is 5.75 Å². The van der Waals surface area contributed by atoms with E-state index in [-0.39, 0.29) is 11.8 Å². The molecule has 6 heteroatoms. The van der Waals surface area contributed by atoms with Crippen LogP contribution in [0, 0.1) is 13.8 Å². The molecule has 2 rings (SSSR count). The summed E-state index contributed by atoms with van der Waals surface area (Å²) in [5.74, 6) is -0.220. The molecule has 0 amide bonds. The van der Waals surface area contributed by atoms with Gasteiger partial charge >= 0.3 is 6.36 Å². The summed E-state index contributed by atoms with van der Waals surface area (Å²) < 4.78 is 40.1. The van der Waals surface area contributed by atoms with Crippen molar-refractivity contribution in [3.63, 3.8) is 0 Å². The maximum atomic E-state index is 12.1. The van der Waals surface area contributed by atoms with E-state index in [2.05, 4.69) is 10.8 Å². The van der Waals surface area contributed by atoms with Crippen molar-refractivity contribution in [2.45, 2.75) is 32.7 Å². The quantitative estimate of drug-likeness (QED) is 0.901. The van der Waals surface area contributed by atoms with E-state index in [4.69, 9.17) is 5.73 Å². The van der Waals surface area contributed by atoms with Crippen LogP contribution >= 0.6 is 11.3 Å². The molecular weight excluding hydrogens is 299 g/mol. The minimum Gasteiger partial charge on any atom is -0.406 e. The Bertz CT molecular complexity index is 585. The van der Waals surface area contributed by atoms with Crippen molar-refractivity contribution in [1.82, 2.24) is 0 Å². The van der Waals surface area contributed by atoms with Crippen molar-refractivity contribution in [2.75, 3.05) is 0 Å². The Morgan fingerprint density at radius 3 is 2.29 bits per heavy atom. The molecule has 1 atom stereocenters. The van der Waals surface area contributed by atoms with Gasteiger partial charge in [0, 0.05) is 15.8 Å². The molecule has 2 aromatic rings. The van der Waals surface area contributed by atoms with Crippen LogP contribution in [0.2, 0.25) is 0 Å². The van der Waals surface area contributed by atoms with Gasteiger partial charge in [-0.25, -0.2) is 0 Å². The molecule has 1 unspecified atom stereocenters. The van der Waals surface area contributed by atoms with Gasteiger partial charge in [-0.1, -0.05) is 12.1 Å². The topological polar surface area (TPSA) is 35.2 Å². The van der Waals surface area contributed by atoms with Crippen LogP contribution in [0.25, 0.3) is 0 Å². The molecule has 1 aromatic heterocycles. The second kappa shape index (κ2) is 6.07. The van der Waals surface area contributed by atoms with E-state index in [1.165, 1.54) is 22.6 Å². The van der Waals surface area contributed by atoms with Crippen LogP contribution in [0.1, 0.15) is 26.9 Å². The van der Waals surface area contributed by atoms with E-state index in [9.17, 15) is 13.2 Å². The molecular formula is C15H16F3NOS. The smallest absolute Gasteiger partial charge is 0.406 e. The van der Waals surface area contributed by atoms with Crippen molar-refractivity contribution < 1.29 is 17.9 Å². The fourth-order valence-electron chi connectivity index (χ4n) is 1.97. The normalized spacial score (nSPS) is 13.2. The summed E-state index contributed by atoms with van der Waals surface area (Å²) in [7, 11) is 0. The molecule has 0 spiro atoms. The Balaban J connectivity index is 2.03. The van der Waals surface area contributed by atoms with E-state index in [0.29, 0.717) is 6.42 Å². The summed E-state index contributed by atoms with van der Waals surface area (Å²) >= 11 is 1.65. The van der Waals surface area contributed by atoms with E-state index >= 15 is 0 Å². The molecule has 0 radical (unpaired) electrons. The molecule has 2 N–H and O–H groups in total. The maximum Gasteiger partial charge on any atom is 0.573 e. The van der Waals surface area contributed by atoms with E-state index in [0.717, 1.165) is 10.4 Å². The van der Waals surface area contributed by atoms with Gasteiger partial charge in [0.2, 0.25) is 0 Å². The SMILES string of the molecule is Cc1cc(C(N)Cc2ccc(OC(F)(F)F)cc2)sc1C. The Kier molecular flexibility index (Phi) is 4.58. The first-order chi connectivity index (χ1) is 9.74. The second-order valence-corrected chi connectivity index (χ2v) is 6.18. The second-order valence-electron chi connectivity index (χ2n) is 4.89. The number of halogens is 3. The third kappa shape index (κ3) is 4.47. The highest BCUT2D eigenvalue weighted by Gasteiger charge is 2.30. The van der Waals surface area contributed by atoms with Crippen LogP contribution in [-0.4, -0.2) is 6.36 Å². The standard InChI is InChI=1S/C15H16F3NOS/c1-9-7-14(21-10(9)2)13(19)8-11-3-5-12(6-4-11)20-15(16,17)18/h3-7,13H,8,19H2,1-2H3. The number of hydrogen-bond acceptors (Lipinski definition) is 3. The van der Waals surface area contributed by atoms with Gasteiger partial charge in [0.25, 0.3) is 0 Å². The summed E-state index contributed by atoms with van der Waals surface area (Å²) in [4.78, 5) is 2.31. The third-order valence-corrected chi connectivity index (χ3v) is 4.45. The summed E-state index contributed by atoms with van der Waals surface area (Å²) in [5, 5.41) is 0. The number of hydrogen-bond donors (Lipinski definition) is 1. The molecule has 1 aromatic carbocycles. The average Bonchev–Trinajstić information content (AvgIpc) is 2.70. The van der Waals surface area contributed by atoms with Gasteiger partial charge in [0.05, 0.1) is 0 Å². The zero-order chi connectivity index (χ0) is 15.6. The van der Waals surface area contributed by atoms with Gasteiger partial charge < -0.3 is 10.5 Å². The van der Waals surface area contributed by atoms with Crippen molar-refractivity contribution in [3.05, 3.63) is 51.2 Å². The van der Waals surface area contributed by atoms with Gasteiger partial charge in [-0.3, -0.25) is 0 Å². The van der Waals surface area contributed by atoms with Gasteiger partial charge in [-0.15, -0.1) is 24.5 Å². The minimum absolute atomic E-state index is 0.156. The molecule has 114 valence electrons. The predicted molar refractivity (Wildman–Crippen MR) is 77.6 cm³/mol. The lowest BCUT2D eigenvalue weighted by Crippen LogP contribution is -2.17. The molecule has 21 heavy (non-hydrogen) atoms. The summed E-state index contributed by atoms with van der Waals surface area (Å²) in [5.41, 5.74) is 8.23. The number of benzene rings is 1. The summed E-state index contributed by atoms with van der Waals surface area (Å²) in [6, 6.07) is 7.73. The Labute approximate surface area is 125 Å². The van der Waals surface area contributed by atoms with E-state index in [1.807, 2.05) is 13.8 Å². The van der Waals surface area contributed by atoms with Crippen LogP contribution in [0.3, 0.4) is 0 Å². The van der Waals surface area contributed by atoms with Crippen LogP contribution in [-0.2, 0) is 6.42 Å². The van der Waals surface area contributed by atoms with Gasteiger partial charge in [0.1, 0.15) is 5.75 Å². The van der Waals surface area contributed by atoms with Crippen molar-refractivity contribution in [3.8, 4) is 5.75 Å². The first kappa shape index (κ1) is 15.9. The Morgan fingerprint density at radius 1 is 1.19 bits per heavy atom. The first-order valence-corrected chi connectivity index (χ1v) is 7.23. The highest BCUT2D eigenvalue weighted by molar-refractivity contribution is 7.12. The lowest BCUT2D eigenvalue weighted by Gasteiger charge is -2.11. The maximum absolute atomic E-state index is 12.1. The largest absolute Gasteiger partial charge is 0.573 e. The summed E-state index contributed by atoms with van der Waals surface area (Å²) in [6.45, 7) is 4.07. The molecule has 0 aliphatic heterocycles. The fraction of sp³-hybridized carbons (Fsp3) is 0.333. The third-order valence-electron chi connectivity index (χ3n) is 3.16. The Hall–Kier alpha value is -1.53. The molecule has 1 heterocycles. The molecule has 0 aliphatic rings. The van der Waals surface area contributed by atoms with Gasteiger partial charge in [-0.05, 0) is 49.6 Å². The van der Waals surface area contributed by atoms with Crippen LogP contribution in [0.15, 0.2) is 30.3 Å². The van der Waals surface area contributed by atoms with E-state index < -0.39 is 6.36 Å². The first-order valence-electron chi connectivity index (χ1n) is 6.42. The number of rotatable bonds is 4. The monoisotopic (exact) mass is 315 g/mol. The highest BCUT2D eigenvalue weighted by Crippen LogP contribution is 2.28. The zero-order valence-electron chi connectivity index (χ0n) is 11.7. The van der Waals surface area contributed by atoms with E-state index in [1.54, 1.807) is 23.5 Å². The molecule has 0 saturated carbocycles. The van der Waals surface area contributed by atoms with Crippen LogP contribution in [0.4, 0.5) is 13.2 Å². The minimum atomic E-state index is -4.66. The zero-order valence-corrected chi connectivity index (χ0v) is 12.5. The number of nitrogens with two attached hydrogens (primary N) is 1. The fourth-order valence-corrected chi connectivity index (χ4v) is 3.01. The van der Waals surface area contributed by atoms with Crippen molar-refractivity contribution in [1.29, 1.82) is 0 Å². The lowest BCUT2D eigenvalue weighted by molar-refractivity contribution is -0.274. The number of ether oxygens (including phenoxy) is 1. The number of thiophene rings is 1. The number of aryl methyl sites for hydroxylation is 2. The molecule has 0 fully saturated rings. The van der Waals surface area contributed by atoms with Crippen LogP contribution < -0.4 is 10.5 Å². The molecule has 2 nitrogen and oxygen atoms in total. The lowest BCUT2D eigenvalue weighted by atomic mass is 10.0. The highest BCUT2D eigenvalue weighted by atomic mass is 32.1. The molecule has 0 aliphatic carbocycles. The van der Waals surface area contributed by atoms with Crippen molar-refractivity contribution in [2.24, 2.45) is 5.73 Å². The van der Waals surface area contributed by atoms with Gasteiger partial charge in [-0.2, -0.15) is 0 Å². The Morgan fingerprint density at radius 2 is 1.81 bits per heavy atom. The molecule has 0 saturated heterocycles. The predicted octanol–water partition coefficient (Wildman–Crippen LogP) is 4.51. The number of alkyl halides is 3. The molecule has 0 bridgehead atoms. The van der Waals surface area contributed by atoms with Gasteiger partial charge in [0.15, 0.2) is 0 Å². The van der Waals surface area contributed by atoms with Crippen molar-refractivity contribution >= 4 is 11.3 Å².